The van der Waals surface area contributed by atoms with Gasteiger partial charge in [-0.3, -0.25) is 4.79 Å². The van der Waals surface area contributed by atoms with Crippen LogP contribution in [0.25, 0.3) is 0 Å². The molecule has 19 heavy (non-hydrogen) atoms. The van der Waals surface area contributed by atoms with Gasteiger partial charge in [0.15, 0.2) is 0 Å². The molecule has 2 fully saturated rings. The second kappa shape index (κ2) is 5.85. The van der Waals surface area contributed by atoms with Crippen LogP contribution in [0, 0.1) is 17.2 Å². The van der Waals surface area contributed by atoms with Crippen LogP contribution in [0.2, 0.25) is 0 Å². The Morgan fingerprint density at radius 1 is 1.21 bits per heavy atom. The number of halogens is 2. The van der Waals surface area contributed by atoms with E-state index in [-0.39, 0.29) is 50.1 Å². The number of hydrogen-bond donors (Lipinski definition) is 0. The van der Waals surface area contributed by atoms with Crippen molar-refractivity contribution in [2.45, 2.75) is 63.3 Å². The number of hydrogen-bond acceptors (Lipinski definition) is 2. The number of carbonyl (C=O) groups excluding carboxylic acids is 1. The Morgan fingerprint density at radius 2 is 1.79 bits per heavy atom. The highest BCUT2D eigenvalue weighted by atomic mass is 19.3. The van der Waals surface area contributed by atoms with Gasteiger partial charge in [-0.1, -0.05) is 12.8 Å². The van der Waals surface area contributed by atoms with Gasteiger partial charge in [0.2, 0.25) is 11.8 Å². The van der Waals surface area contributed by atoms with E-state index in [0.29, 0.717) is 0 Å². The molecule has 106 valence electrons. The van der Waals surface area contributed by atoms with E-state index < -0.39 is 5.92 Å². The Hall–Kier alpha value is -1.18. The zero-order chi connectivity index (χ0) is 13.9. The minimum Gasteiger partial charge on any atom is -0.326 e. The number of amides is 1. The molecule has 0 spiro atoms. The van der Waals surface area contributed by atoms with E-state index in [4.69, 9.17) is 5.26 Å². The zero-order valence-corrected chi connectivity index (χ0v) is 11.1. The summed E-state index contributed by atoms with van der Waals surface area (Å²) < 4.78 is 26.2. The highest BCUT2D eigenvalue weighted by molar-refractivity contribution is 5.79. The molecule has 0 aromatic rings. The molecule has 1 amide bonds. The van der Waals surface area contributed by atoms with Crippen LogP contribution in [0.4, 0.5) is 8.78 Å². The second-order valence-electron chi connectivity index (χ2n) is 5.69. The second-order valence-corrected chi connectivity index (χ2v) is 5.69. The van der Waals surface area contributed by atoms with Crippen LogP contribution >= 0.6 is 0 Å². The van der Waals surface area contributed by atoms with Gasteiger partial charge in [0, 0.05) is 24.8 Å². The average molecular weight is 270 g/mol. The van der Waals surface area contributed by atoms with E-state index in [1.807, 2.05) is 6.07 Å². The summed E-state index contributed by atoms with van der Waals surface area (Å²) in [6.45, 7) is 0.0936. The first-order valence-electron chi connectivity index (χ1n) is 7.09. The van der Waals surface area contributed by atoms with Gasteiger partial charge in [0.25, 0.3) is 0 Å². The molecule has 5 heteroatoms. The molecular formula is C14H20F2N2O. The van der Waals surface area contributed by atoms with Gasteiger partial charge >= 0.3 is 0 Å². The molecule has 0 N–H and O–H groups in total. The Labute approximate surface area is 112 Å². The largest absolute Gasteiger partial charge is 0.326 e. The van der Waals surface area contributed by atoms with Gasteiger partial charge in [-0.2, -0.15) is 5.26 Å². The third-order valence-corrected chi connectivity index (χ3v) is 4.36. The summed E-state index contributed by atoms with van der Waals surface area (Å²) in [4.78, 5) is 14.1. The number of carbonyl (C=O) groups is 1. The minimum absolute atomic E-state index is 0.0797. The average Bonchev–Trinajstić information content (AvgIpc) is 2.89. The number of rotatable bonds is 3. The van der Waals surface area contributed by atoms with E-state index in [2.05, 4.69) is 0 Å². The topological polar surface area (TPSA) is 44.1 Å². The molecular weight excluding hydrogens is 250 g/mol. The molecule has 0 aromatic heterocycles. The highest BCUT2D eigenvalue weighted by Gasteiger charge is 2.39. The summed E-state index contributed by atoms with van der Waals surface area (Å²) in [6, 6.07) is 2.19. The summed E-state index contributed by atoms with van der Waals surface area (Å²) in [5.74, 6) is -3.00. The minimum atomic E-state index is -2.61. The summed E-state index contributed by atoms with van der Waals surface area (Å²) in [7, 11) is 0. The summed E-state index contributed by atoms with van der Waals surface area (Å²) in [6.07, 6.45) is 4.15. The lowest BCUT2D eigenvalue weighted by Crippen LogP contribution is -2.44. The molecule has 2 rings (SSSR count). The van der Waals surface area contributed by atoms with Crippen molar-refractivity contribution in [1.29, 1.82) is 5.26 Å². The molecule has 0 aromatic carbocycles. The van der Waals surface area contributed by atoms with Gasteiger partial charge in [-0.25, -0.2) is 8.78 Å². The molecule has 0 saturated heterocycles. The predicted molar refractivity (Wildman–Crippen MR) is 66.5 cm³/mol. The van der Waals surface area contributed by atoms with Crippen molar-refractivity contribution in [1.82, 2.24) is 4.90 Å². The van der Waals surface area contributed by atoms with Gasteiger partial charge in [-0.05, 0) is 25.7 Å². The first-order chi connectivity index (χ1) is 9.03. The van der Waals surface area contributed by atoms with Crippen LogP contribution in [-0.2, 0) is 4.79 Å². The monoisotopic (exact) mass is 270 g/mol. The molecule has 2 aliphatic rings. The molecule has 0 aliphatic heterocycles. The fraction of sp³-hybridized carbons (Fsp3) is 0.857. The maximum Gasteiger partial charge on any atom is 0.248 e. The van der Waals surface area contributed by atoms with Crippen LogP contribution < -0.4 is 0 Å². The Kier molecular flexibility index (Phi) is 4.38. The Bertz CT molecular complexity index is 362. The SMILES string of the molecule is N#CCN(C(=O)C1CCC(F)(F)CC1)C1CCCC1. The first kappa shape index (κ1) is 14.2. The van der Waals surface area contributed by atoms with Crippen LogP contribution in [-0.4, -0.2) is 29.3 Å². The molecule has 3 nitrogen and oxygen atoms in total. The van der Waals surface area contributed by atoms with Gasteiger partial charge in [0.05, 0.1) is 6.07 Å². The summed E-state index contributed by atoms with van der Waals surface area (Å²) >= 11 is 0. The quantitative estimate of drug-likeness (QED) is 0.740. The van der Waals surface area contributed by atoms with Crippen molar-refractivity contribution in [3.8, 4) is 6.07 Å². The number of nitrogens with zero attached hydrogens (tertiary/aromatic N) is 2. The van der Waals surface area contributed by atoms with Crippen molar-refractivity contribution in [3.63, 3.8) is 0 Å². The lowest BCUT2D eigenvalue weighted by atomic mass is 9.85. The zero-order valence-electron chi connectivity index (χ0n) is 11.1. The summed E-state index contributed by atoms with van der Waals surface area (Å²) in [5, 5.41) is 8.86. The van der Waals surface area contributed by atoms with Crippen LogP contribution in [0.15, 0.2) is 0 Å². The van der Waals surface area contributed by atoms with Crippen molar-refractivity contribution in [2.75, 3.05) is 6.54 Å². The third kappa shape index (κ3) is 3.43. The Balaban J connectivity index is 1.97. The fourth-order valence-electron chi connectivity index (χ4n) is 3.20. The fourth-order valence-corrected chi connectivity index (χ4v) is 3.20. The lowest BCUT2D eigenvalue weighted by molar-refractivity contribution is -0.141. The van der Waals surface area contributed by atoms with Gasteiger partial charge in [-0.15, -0.1) is 0 Å². The molecule has 2 aliphatic carbocycles. The van der Waals surface area contributed by atoms with Crippen molar-refractivity contribution in [3.05, 3.63) is 0 Å². The number of alkyl halides is 2. The van der Waals surface area contributed by atoms with Crippen molar-refractivity contribution in [2.24, 2.45) is 5.92 Å². The Morgan fingerprint density at radius 3 is 2.32 bits per heavy atom. The maximum absolute atomic E-state index is 13.1. The van der Waals surface area contributed by atoms with Crippen LogP contribution in [0.5, 0.6) is 0 Å². The van der Waals surface area contributed by atoms with E-state index >= 15 is 0 Å². The van der Waals surface area contributed by atoms with E-state index in [0.717, 1.165) is 25.7 Å². The predicted octanol–water partition coefficient (Wildman–Crippen LogP) is 3.11. The number of nitriles is 1. The first-order valence-corrected chi connectivity index (χ1v) is 7.09. The lowest BCUT2D eigenvalue weighted by Gasteiger charge is -2.33. The third-order valence-electron chi connectivity index (χ3n) is 4.36. The van der Waals surface area contributed by atoms with E-state index in [1.165, 1.54) is 0 Å². The maximum atomic E-state index is 13.1. The van der Waals surface area contributed by atoms with Crippen LogP contribution in [0.3, 0.4) is 0 Å². The van der Waals surface area contributed by atoms with Crippen molar-refractivity contribution < 1.29 is 13.6 Å². The molecule has 0 atom stereocenters. The summed E-state index contributed by atoms with van der Waals surface area (Å²) in [5.41, 5.74) is 0. The molecule has 0 heterocycles. The van der Waals surface area contributed by atoms with E-state index in [9.17, 15) is 13.6 Å². The molecule has 2 saturated carbocycles. The van der Waals surface area contributed by atoms with Crippen LogP contribution in [0.1, 0.15) is 51.4 Å². The molecule has 0 radical (unpaired) electrons. The van der Waals surface area contributed by atoms with Gasteiger partial charge < -0.3 is 4.90 Å². The molecule has 0 unspecified atom stereocenters. The standard InChI is InChI=1S/C14H20F2N2O/c15-14(16)7-5-11(6-8-14)13(19)18(10-9-17)12-3-1-2-4-12/h11-12H,1-8,10H2. The van der Waals surface area contributed by atoms with E-state index in [1.54, 1.807) is 4.90 Å². The highest BCUT2D eigenvalue weighted by Crippen LogP contribution is 2.37. The van der Waals surface area contributed by atoms with Crippen molar-refractivity contribution >= 4 is 5.91 Å². The molecule has 0 bridgehead atoms. The van der Waals surface area contributed by atoms with Gasteiger partial charge in [0.1, 0.15) is 6.54 Å². The smallest absolute Gasteiger partial charge is 0.248 e. The normalized spacial score (nSPS) is 24.1.